The van der Waals surface area contributed by atoms with Crippen LogP contribution in [0.5, 0.6) is 0 Å². The Morgan fingerprint density at radius 1 is 1.46 bits per heavy atom. The molecule has 0 heterocycles. The van der Waals surface area contributed by atoms with Gasteiger partial charge in [-0.25, -0.2) is 4.89 Å². The molecule has 1 N–H and O–H groups in total. The van der Waals surface area contributed by atoms with Gasteiger partial charge in [-0.3, -0.25) is 5.26 Å². The largest absolute Gasteiger partial charge is 0.251 e. The van der Waals surface area contributed by atoms with Crippen molar-refractivity contribution in [1.82, 2.24) is 0 Å². The number of rotatable bonds is 2. The van der Waals surface area contributed by atoms with E-state index in [1.165, 1.54) is 16.7 Å². The summed E-state index contributed by atoms with van der Waals surface area (Å²) in [5.74, 6) is 0. The lowest BCUT2D eigenvalue weighted by atomic mass is 9.81. The molecule has 0 aliphatic heterocycles. The second-order valence-corrected chi connectivity index (χ2v) is 3.37. The first kappa shape index (κ1) is 8.48. The van der Waals surface area contributed by atoms with Crippen LogP contribution < -0.4 is 0 Å². The van der Waals surface area contributed by atoms with Gasteiger partial charge in [0.25, 0.3) is 0 Å². The Hall–Kier alpha value is -1.12. The highest BCUT2D eigenvalue weighted by atomic mass is 17.1. The van der Waals surface area contributed by atoms with Crippen molar-refractivity contribution in [3.05, 3.63) is 41.0 Å². The fourth-order valence-electron chi connectivity index (χ4n) is 1.71. The van der Waals surface area contributed by atoms with Gasteiger partial charge in [-0.05, 0) is 35.6 Å². The molecule has 0 atom stereocenters. The Morgan fingerprint density at radius 2 is 2.23 bits per heavy atom. The quantitative estimate of drug-likeness (QED) is 0.554. The Labute approximate surface area is 77.4 Å². The van der Waals surface area contributed by atoms with Crippen LogP contribution in [0.25, 0.3) is 5.57 Å². The van der Waals surface area contributed by atoms with Gasteiger partial charge >= 0.3 is 0 Å². The van der Waals surface area contributed by atoms with Gasteiger partial charge in [-0.15, -0.1) is 0 Å². The molecule has 0 amide bonds. The summed E-state index contributed by atoms with van der Waals surface area (Å²) in [6.07, 6.45) is 1.01. The third-order valence-electron chi connectivity index (χ3n) is 2.51. The van der Waals surface area contributed by atoms with E-state index in [9.17, 15) is 0 Å². The summed E-state index contributed by atoms with van der Waals surface area (Å²) < 4.78 is 0. The van der Waals surface area contributed by atoms with Crippen molar-refractivity contribution in [3.63, 3.8) is 0 Å². The van der Waals surface area contributed by atoms with Crippen molar-refractivity contribution in [2.75, 3.05) is 6.61 Å². The summed E-state index contributed by atoms with van der Waals surface area (Å²) in [4.78, 5) is 4.12. The molecule has 0 fully saturated rings. The second kappa shape index (κ2) is 3.32. The van der Waals surface area contributed by atoms with Gasteiger partial charge < -0.3 is 0 Å². The minimum Gasteiger partial charge on any atom is -0.251 e. The molecule has 0 bridgehead atoms. The van der Waals surface area contributed by atoms with Crippen LogP contribution in [0.2, 0.25) is 0 Å². The fraction of sp³-hybridized carbons (Fsp3) is 0.273. The molecule has 1 aliphatic carbocycles. The Bertz CT molecular complexity index is 353. The molecule has 1 aliphatic rings. The Morgan fingerprint density at radius 3 is 2.92 bits per heavy atom. The van der Waals surface area contributed by atoms with Crippen molar-refractivity contribution in [2.24, 2.45) is 0 Å². The molecule has 0 spiro atoms. The fourth-order valence-corrected chi connectivity index (χ4v) is 1.71. The molecular weight excluding hydrogens is 164 g/mol. The molecule has 0 radical (unpaired) electrons. The van der Waals surface area contributed by atoms with E-state index in [0.717, 1.165) is 12.0 Å². The minimum absolute atomic E-state index is 0.309. The monoisotopic (exact) mass is 176 g/mol. The lowest BCUT2D eigenvalue weighted by Gasteiger charge is -2.24. The third-order valence-corrected chi connectivity index (χ3v) is 2.51. The van der Waals surface area contributed by atoms with Gasteiger partial charge in [0.05, 0.1) is 0 Å². The maximum Gasteiger partial charge on any atom is 0.103 e. The Kier molecular flexibility index (Phi) is 2.17. The minimum atomic E-state index is 0.309. The average Bonchev–Trinajstić information content (AvgIpc) is 2.07. The van der Waals surface area contributed by atoms with Gasteiger partial charge in [-0.2, -0.15) is 0 Å². The number of hydrogen-bond donors (Lipinski definition) is 1. The molecule has 0 unspecified atom stereocenters. The van der Waals surface area contributed by atoms with E-state index in [0.29, 0.717) is 6.61 Å². The zero-order valence-corrected chi connectivity index (χ0v) is 7.58. The van der Waals surface area contributed by atoms with E-state index in [1.807, 2.05) is 19.1 Å². The van der Waals surface area contributed by atoms with Crippen LogP contribution in [0, 0.1) is 0 Å². The highest BCUT2D eigenvalue weighted by molar-refractivity contribution is 5.81. The van der Waals surface area contributed by atoms with Crippen LogP contribution in [0.4, 0.5) is 0 Å². The average molecular weight is 176 g/mol. The van der Waals surface area contributed by atoms with Crippen LogP contribution in [0.3, 0.4) is 0 Å². The van der Waals surface area contributed by atoms with Crippen LogP contribution in [-0.4, -0.2) is 11.9 Å². The first-order valence-electron chi connectivity index (χ1n) is 4.36. The van der Waals surface area contributed by atoms with Gasteiger partial charge in [0.2, 0.25) is 0 Å². The molecule has 0 saturated heterocycles. The first-order valence-corrected chi connectivity index (χ1v) is 4.36. The smallest absolute Gasteiger partial charge is 0.103 e. The summed E-state index contributed by atoms with van der Waals surface area (Å²) in [6, 6.07) is 8.32. The van der Waals surface area contributed by atoms with Crippen LogP contribution in [0.15, 0.2) is 29.8 Å². The van der Waals surface area contributed by atoms with Crippen molar-refractivity contribution in [3.8, 4) is 0 Å². The van der Waals surface area contributed by atoms with E-state index in [-0.39, 0.29) is 0 Å². The highest BCUT2D eigenvalue weighted by Crippen LogP contribution is 2.35. The molecule has 2 heteroatoms. The molecule has 68 valence electrons. The Balaban J connectivity index is 2.30. The van der Waals surface area contributed by atoms with Crippen molar-refractivity contribution in [1.29, 1.82) is 0 Å². The van der Waals surface area contributed by atoms with Gasteiger partial charge in [0.15, 0.2) is 0 Å². The first-order chi connectivity index (χ1) is 6.33. The molecule has 2 rings (SSSR count). The lowest BCUT2D eigenvalue weighted by Crippen LogP contribution is -2.10. The maximum atomic E-state index is 8.32. The predicted octanol–water partition coefficient (Wildman–Crippen LogP) is 2.51. The predicted molar refractivity (Wildman–Crippen MR) is 51.3 cm³/mol. The van der Waals surface area contributed by atoms with E-state index in [1.54, 1.807) is 0 Å². The molecule has 0 aromatic heterocycles. The normalized spacial score (nSPS) is 17.7. The maximum absolute atomic E-state index is 8.32. The van der Waals surface area contributed by atoms with E-state index >= 15 is 0 Å². The van der Waals surface area contributed by atoms with Gasteiger partial charge in [0.1, 0.15) is 6.61 Å². The summed E-state index contributed by atoms with van der Waals surface area (Å²) in [5, 5.41) is 8.32. The topological polar surface area (TPSA) is 29.5 Å². The number of hydrogen-bond acceptors (Lipinski definition) is 2. The number of fused-ring (bicyclic) bond motifs is 1. The summed E-state index contributed by atoms with van der Waals surface area (Å²) in [5.41, 5.74) is 5.11. The van der Waals surface area contributed by atoms with Crippen LogP contribution in [-0.2, 0) is 11.3 Å². The second-order valence-electron chi connectivity index (χ2n) is 3.37. The molecule has 0 saturated carbocycles. The number of benzene rings is 1. The van der Waals surface area contributed by atoms with E-state index in [4.69, 9.17) is 5.26 Å². The summed E-state index contributed by atoms with van der Waals surface area (Å²) >= 11 is 0. The molecule has 13 heavy (non-hydrogen) atoms. The molecule has 1 aromatic carbocycles. The van der Waals surface area contributed by atoms with Crippen LogP contribution >= 0.6 is 0 Å². The molecular formula is C11H12O2. The standard InChI is InChI=1S/C11H12O2/c1-8(7-13-12)11-6-9-4-2-3-5-10(9)11/h2-5,12H,6-7H2,1H3/b11-8-. The van der Waals surface area contributed by atoms with Crippen LogP contribution in [0.1, 0.15) is 18.1 Å². The zero-order valence-electron chi connectivity index (χ0n) is 7.58. The van der Waals surface area contributed by atoms with Crippen molar-refractivity contribution < 1.29 is 10.1 Å². The molecule has 1 aromatic rings. The summed E-state index contributed by atoms with van der Waals surface area (Å²) in [7, 11) is 0. The van der Waals surface area contributed by atoms with E-state index < -0.39 is 0 Å². The van der Waals surface area contributed by atoms with Gasteiger partial charge in [-0.1, -0.05) is 24.3 Å². The third kappa shape index (κ3) is 1.39. The lowest BCUT2D eigenvalue weighted by molar-refractivity contribution is -0.233. The van der Waals surface area contributed by atoms with E-state index in [2.05, 4.69) is 17.0 Å². The molecule has 2 nitrogen and oxygen atoms in total. The summed E-state index contributed by atoms with van der Waals surface area (Å²) in [6.45, 7) is 2.30. The SMILES string of the molecule is C/C(COO)=C1\Cc2ccccc21. The zero-order chi connectivity index (χ0) is 9.26. The highest BCUT2D eigenvalue weighted by Gasteiger charge is 2.20. The van der Waals surface area contributed by atoms with Gasteiger partial charge in [0, 0.05) is 0 Å². The number of allylic oxidation sites excluding steroid dienone is 1. The van der Waals surface area contributed by atoms with Crippen molar-refractivity contribution in [2.45, 2.75) is 13.3 Å². The van der Waals surface area contributed by atoms with Crippen molar-refractivity contribution >= 4 is 5.57 Å².